The minimum atomic E-state index is -0.432. The van der Waals surface area contributed by atoms with Gasteiger partial charge in [0.05, 0.1) is 11.2 Å². The number of para-hydroxylation sites is 2. The topological polar surface area (TPSA) is 94.1 Å². The van der Waals surface area contributed by atoms with Crippen molar-refractivity contribution in [2.45, 2.75) is 38.6 Å². The average molecular weight is 444 g/mol. The number of amides is 1. The number of piperidine rings is 1. The Kier molecular flexibility index (Phi) is 5.73. The molecule has 1 amide bonds. The molecule has 0 bridgehead atoms. The number of benzene rings is 1. The Balaban J connectivity index is 1.33. The van der Waals surface area contributed by atoms with Gasteiger partial charge in [-0.05, 0) is 49.6 Å². The van der Waals surface area contributed by atoms with E-state index in [4.69, 9.17) is 9.40 Å². The molecule has 33 heavy (non-hydrogen) atoms. The van der Waals surface area contributed by atoms with E-state index in [1.807, 2.05) is 48.4 Å². The molecule has 168 valence electrons. The van der Waals surface area contributed by atoms with Crippen molar-refractivity contribution in [1.82, 2.24) is 24.4 Å². The van der Waals surface area contributed by atoms with Crippen LogP contribution >= 0.6 is 0 Å². The van der Waals surface area contributed by atoms with Gasteiger partial charge < -0.3 is 9.32 Å². The smallest absolute Gasteiger partial charge is 0.408 e. The molecule has 3 aromatic heterocycles. The summed E-state index contributed by atoms with van der Waals surface area (Å²) in [7, 11) is 0. The predicted octanol–water partition coefficient (Wildman–Crippen LogP) is 3.55. The predicted molar refractivity (Wildman–Crippen MR) is 124 cm³/mol. The molecular weight excluding hydrogens is 418 g/mol. The molecule has 0 saturated carbocycles. The van der Waals surface area contributed by atoms with Gasteiger partial charge in [0, 0.05) is 56.1 Å². The van der Waals surface area contributed by atoms with E-state index in [-0.39, 0.29) is 18.2 Å². The van der Waals surface area contributed by atoms with Crippen LogP contribution in [0.1, 0.15) is 36.7 Å². The van der Waals surface area contributed by atoms with Crippen molar-refractivity contribution in [2.24, 2.45) is 0 Å². The third-order valence-electron chi connectivity index (χ3n) is 6.21. The zero-order chi connectivity index (χ0) is 22.8. The molecule has 0 N–H and O–H groups in total. The number of nitrogens with zero attached hydrogens (tertiary/aromatic N) is 5. The monoisotopic (exact) mass is 443 g/mol. The number of likely N-dealkylation sites (tertiary alicyclic amines) is 1. The van der Waals surface area contributed by atoms with E-state index in [1.165, 1.54) is 4.57 Å². The number of rotatable bonds is 5. The summed E-state index contributed by atoms with van der Waals surface area (Å²) < 4.78 is 6.81. The summed E-state index contributed by atoms with van der Waals surface area (Å²) in [6, 6.07) is 11.2. The average Bonchev–Trinajstić information content (AvgIpc) is 3.18. The first kappa shape index (κ1) is 21.1. The quantitative estimate of drug-likeness (QED) is 0.468. The molecule has 4 aromatic rings. The summed E-state index contributed by atoms with van der Waals surface area (Å²) in [4.78, 5) is 40.5. The third kappa shape index (κ3) is 4.28. The summed E-state index contributed by atoms with van der Waals surface area (Å²) >= 11 is 0. The van der Waals surface area contributed by atoms with Crippen LogP contribution in [0.15, 0.2) is 64.2 Å². The standard InChI is InChI=1S/C25H25N5O3/c1-17-27-15-20(18-8-11-26-12-9-18)24(28-17)19-5-4-13-29(16-19)23(31)10-14-30-21-6-2-3-7-22(21)33-25(30)32/h2-3,6-9,11-12,15,19H,4-5,10,13-14,16H2,1H3/t19-/m0/s1. The zero-order valence-electron chi connectivity index (χ0n) is 18.5. The van der Waals surface area contributed by atoms with Gasteiger partial charge in [-0.2, -0.15) is 0 Å². The van der Waals surface area contributed by atoms with Crippen molar-refractivity contribution in [1.29, 1.82) is 0 Å². The van der Waals surface area contributed by atoms with Crippen LogP contribution in [0.4, 0.5) is 0 Å². The fourth-order valence-electron chi connectivity index (χ4n) is 4.57. The van der Waals surface area contributed by atoms with E-state index in [0.29, 0.717) is 30.7 Å². The Labute approximate surface area is 190 Å². The Bertz CT molecular complexity index is 1350. The third-order valence-corrected chi connectivity index (χ3v) is 6.21. The molecule has 0 unspecified atom stereocenters. The number of hydrogen-bond donors (Lipinski definition) is 0. The number of fused-ring (bicyclic) bond motifs is 1. The minimum Gasteiger partial charge on any atom is -0.408 e. The van der Waals surface area contributed by atoms with Gasteiger partial charge >= 0.3 is 5.76 Å². The van der Waals surface area contributed by atoms with Crippen LogP contribution < -0.4 is 5.76 Å². The van der Waals surface area contributed by atoms with Crippen LogP contribution in [-0.4, -0.2) is 43.4 Å². The number of aromatic nitrogens is 4. The van der Waals surface area contributed by atoms with Gasteiger partial charge in [0.25, 0.3) is 0 Å². The van der Waals surface area contributed by atoms with Crippen molar-refractivity contribution in [2.75, 3.05) is 13.1 Å². The first-order valence-corrected chi connectivity index (χ1v) is 11.2. The largest absolute Gasteiger partial charge is 0.419 e. The van der Waals surface area contributed by atoms with Crippen LogP contribution in [0.3, 0.4) is 0 Å². The molecule has 8 heteroatoms. The van der Waals surface area contributed by atoms with Crippen molar-refractivity contribution >= 4 is 17.0 Å². The van der Waals surface area contributed by atoms with E-state index in [9.17, 15) is 9.59 Å². The highest BCUT2D eigenvalue weighted by atomic mass is 16.4. The lowest BCUT2D eigenvalue weighted by atomic mass is 9.90. The van der Waals surface area contributed by atoms with Crippen LogP contribution in [0, 0.1) is 6.92 Å². The van der Waals surface area contributed by atoms with Crippen molar-refractivity contribution in [3.05, 3.63) is 77.1 Å². The normalized spacial score (nSPS) is 16.3. The Hall–Kier alpha value is -3.81. The highest BCUT2D eigenvalue weighted by Gasteiger charge is 2.28. The van der Waals surface area contributed by atoms with Crippen molar-refractivity contribution in [3.63, 3.8) is 0 Å². The molecule has 4 heterocycles. The molecule has 8 nitrogen and oxygen atoms in total. The van der Waals surface area contributed by atoms with E-state index < -0.39 is 5.76 Å². The second-order valence-electron chi connectivity index (χ2n) is 8.37. The summed E-state index contributed by atoms with van der Waals surface area (Å²) in [5.41, 5.74) is 4.23. The van der Waals surface area contributed by atoms with Crippen LogP contribution in [0.5, 0.6) is 0 Å². The molecule has 1 saturated heterocycles. The lowest BCUT2D eigenvalue weighted by molar-refractivity contribution is -0.132. The van der Waals surface area contributed by atoms with Gasteiger partial charge in [-0.15, -0.1) is 0 Å². The van der Waals surface area contributed by atoms with Gasteiger partial charge in [-0.25, -0.2) is 14.8 Å². The molecule has 1 fully saturated rings. The number of pyridine rings is 1. The number of carbonyl (C=O) groups is 1. The summed E-state index contributed by atoms with van der Waals surface area (Å²) in [5, 5.41) is 0. The maximum absolute atomic E-state index is 13.1. The van der Waals surface area contributed by atoms with Crippen LogP contribution in [0.25, 0.3) is 22.2 Å². The van der Waals surface area contributed by atoms with Gasteiger partial charge in [0.1, 0.15) is 5.82 Å². The second-order valence-corrected chi connectivity index (χ2v) is 8.37. The number of carbonyl (C=O) groups excluding carboxylic acids is 1. The lowest BCUT2D eigenvalue weighted by Crippen LogP contribution is -2.40. The highest BCUT2D eigenvalue weighted by molar-refractivity contribution is 5.77. The zero-order valence-corrected chi connectivity index (χ0v) is 18.5. The van der Waals surface area contributed by atoms with Crippen molar-refractivity contribution in [3.8, 4) is 11.1 Å². The minimum absolute atomic E-state index is 0.0353. The fourth-order valence-corrected chi connectivity index (χ4v) is 4.57. The van der Waals surface area contributed by atoms with E-state index in [2.05, 4.69) is 9.97 Å². The summed E-state index contributed by atoms with van der Waals surface area (Å²) in [5.74, 6) is 0.453. The Morgan fingerprint density at radius 2 is 2.00 bits per heavy atom. The molecule has 1 aromatic carbocycles. The maximum atomic E-state index is 13.1. The van der Waals surface area contributed by atoms with Gasteiger partial charge in [0.2, 0.25) is 5.91 Å². The van der Waals surface area contributed by atoms with Crippen LogP contribution in [-0.2, 0) is 11.3 Å². The number of oxazole rings is 1. The summed E-state index contributed by atoms with van der Waals surface area (Å²) in [6.45, 7) is 3.50. The van der Waals surface area contributed by atoms with E-state index >= 15 is 0 Å². The molecular formula is C25H25N5O3. The lowest BCUT2D eigenvalue weighted by Gasteiger charge is -2.33. The molecule has 1 aliphatic rings. The molecule has 1 aliphatic heterocycles. The number of hydrogen-bond acceptors (Lipinski definition) is 6. The molecule has 1 atom stereocenters. The fraction of sp³-hybridized carbons (Fsp3) is 0.320. The summed E-state index contributed by atoms with van der Waals surface area (Å²) in [6.07, 6.45) is 7.50. The highest BCUT2D eigenvalue weighted by Crippen LogP contribution is 2.33. The second kappa shape index (κ2) is 8.97. The van der Waals surface area contributed by atoms with Crippen molar-refractivity contribution < 1.29 is 9.21 Å². The first-order chi connectivity index (χ1) is 16.1. The Morgan fingerprint density at radius 1 is 1.18 bits per heavy atom. The first-order valence-electron chi connectivity index (χ1n) is 11.2. The maximum Gasteiger partial charge on any atom is 0.419 e. The molecule has 5 rings (SSSR count). The van der Waals surface area contributed by atoms with Crippen LogP contribution in [0.2, 0.25) is 0 Å². The van der Waals surface area contributed by atoms with Gasteiger partial charge in [0.15, 0.2) is 5.58 Å². The van der Waals surface area contributed by atoms with Gasteiger partial charge in [-0.3, -0.25) is 14.3 Å². The molecule has 0 spiro atoms. The van der Waals surface area contributed by atoms with Gasteiger partial charge in [-0.1, -0.05) is 12.1 Å². The Morgan fingerprint density at radius 3 is 2.85 bits per heavy atom. The molecule has 0 aliphatic carbocycles. The molecule has 0 radical (unpaired) electrons. The van der Waals surface area contributed by atoms with E-state index in [1.54, 1.807) is 18.5 Å². The SMILES string of the molecule is Cc1ncc(-c2ccncc2)c([C@H]2CCCN(C(=O)CCn3c(=O)oc4ccccc43)C2)n1. The number of aryl methyl sites for hydroxylation is 2. The van der Waals surface area contributed by atoms with E-state index in [0.717, 1.165) is 35.5 Å².